The predicted octanol–water partition coefficient (Wildman–Crippen LogP) is 4.33. The van der Waals surface area contributed by atoms with Crippen LogP contribution in [0.5, 0.6) is 5.75 Å². The third-order valence-electron chi connectivity index (χ3n) is 7.12. The van der Waals surface area contributed by atoms with Crippen LogP contribution in [0.4, 0.5) is 5.69 Å². The molecule has 3 heteroatoms. The van der Waals surface area contributed by atoms with E-state index in [1.54, 1.807) is 18.2 Å². The zero-order valence-electron chi connectivity index (χ0n) is 16.4. The molecule has 0 amide bonds. The van der Waals surface area contributed by atoms with Gasteiger partial charge < -0.3 is 14.5 Å². The van der Waals surface area contributed by atoms with Crippen molar-refractivity contribution in [1.82, 2.24) is 4.90 Å². The van der Waals surface area contributed by atoms with E-state index in [-0.39, 0.29) is 0 Å². The molecule has 2 saturated heterocycles. The Morgan fingerprint density at radius 1 is 1.00 bits per heavy atom. The summed E-state index contributed by atoms with van der Waals surface area (Å²) in [5.74, 6) is 1.75. The van der Waals surface area contributed by atoms with Gasteiger partial charge >= 0.3 is 0 Å². The van der Waals surface area contributed by atoms with E-state index < -0.39 is 0 Å². The number of anilines is 1. The Bertz CT molecular complexity index is 820. The van der Waals surface area contributed by atoms with Crippen LogP contribution in [0.15, 0.2) is 48.5 Å². The molecule has 3 aliphatic rings. The van der Waals surface area contributed by atoms with Crippen molar-refractivity contribution in [3.63, 3.8) is 0 Å². The van der Waals surface area contributed by atoms with Crippen molar-refractivity contribution in [1.29, 1.82) is 0 Å². The zero-order valence-corrected chi connectivity index (χ0v) is 16.4. The van der Waals surface area contributed by atoms with Crippen LogP contribution in [0.25, 0.3) is 0 Å². The number of para-hydroxylation sites is 2. The average Bonchev–Trinajstić information content (AvgIpc) is 3.42. The van der Waals surface area contributed by atoms with Gasteiger partial charge in [0.25, 0.3) is 0 Å². The van der Waals surface area contributed by atoms with Gasteiger partial charge in [-0.15, -0.1) is 0 Å². The van der Waals surface area contributed by atoms with E-state index >= 15 is 0 Å². The van der Waals surface area contributed by atoms with E-state index in [2.05, 4.69) is 58.3 Å². The summed E-state index contributed by atoms with van der Waals surface area (Å²) in [5.41, 5.74) is 4.93. The van der Waals surface area contributed by atoms with Gasteiger partial charge in [-0.1, -0.05) is 36.4 Å². The van der Waals surface area contributed by atoms with Crippen LogP contribution in [0.2, 0.25) is 0 Å². The molecule has 2 fully saturated rings. The van der Waals surface area contributed by atoms with Crippen molar-refractivity contribution >= 4 is 5.69 Å². The number of likely N-dealkylation sites (tertiary alicyclic amines) is 1. The molecule has 2 atom stereocenters. The smallest absolute Gasteiger partial charge is 0.142 e. The molecule has 2 aliphatic heterocycles. The molecule has 1 spiro atoms. The number of ether oxygens (including phenoxy) is 1. The molecule has 0 N–H and O–H groups in total. The standard InChI is InChI=1S/C24H30N2O/c1-27-23-9-5-4-8-22(23)26-15-13-24(18-26)12-14-25(17-24)16-20-11-10-19-6-2-3-7-21(19)20/h2-9,20H,10-18H2,1H3. The lowest BCUT2D eigenvalue weighted by Gasteiger charge is -2.27. The summed E-state index contributed by atoms with van der Waals surface area (Å²) in [6.45, 7) is 6.09. The molecule has 3 nitrogen and oxygen atoms in total. The van der Waals surface area contributed by atoms with Crippen LogP contribution in [0, 0.1) is 5.41 Å². The number of hydrogen-bond acceptors (Lipinski definition) is 3. The van der Waals surface area contributed by atoms with Gasteiger partial charge in [-0.25, -0.2) is 0 Å². The molecular weight excluding hydrogens is 332 g/mol. The molecule has 2 aromatic rings. The van der Waals surface area contributed by atoms with Crippen molar-refractivity contribution in [2.75, 3.05) is 44.7 Å². The van der Waals surface area contributed by atoms with Crippen LogP contribution in [0.3, 0.4) is 0 Å². The Morgan fingerprint density at radius 3 is 2.74 bits per heavy atom. The lowest BCUT2D eigenvalue weighted by atomic mass is 9.86. The van der Waals surface area contributed by atoms with Crippen LogP contribution in [-0.4, -0.2) is 44.7 Å². The summed E-state index contributed by atoms with van der Waals surface area (Å²) >= 11 is 0. The van der Waals surface area contributed by atoms with Crippen LogP contribution < -0.4 is 9.64 Å². The van der Waals surface area contributed by atoms with Crippen LogP contribution in [0.1, 0.15) is 36.3 Å². The molecule has 0 aromatic heterocycles. The molecule has 0 radical (unpaired) electrons. The highest BCUT2D eigenvalue weighted by Crippen LogP contribution is 2.44. The van der Waals surface area contributed by atoms with E-state index in [1.807, 2.05) is 0 Å². The predicted molar refractivity (Wildman–Crippen MR) is 111 cm³/mol. The average molecular weight is 363 g/mol. The maximum absolute atomic E-state index is 5.60. The minimum Gasteiger partial charge on any atom is -0.495 e. The number of hydrogen-bond donors (Lipinski definition) is 0. The van der Waals surface area contributed by atoms with Gasteiger partial charge in [0.05, 0.1) is 12.8 Å². The van der Waals surface area contributed by atoms with Gasteiger partial charge in [-0.3, -0.25) is 0 Å². The molecule has 27 heavy (non-hydrogen) atoms. The van der Waals surface area contributed by atoms with E-state index in [9.17, 15) is 0 Å². The monoisotopic (exact) mass is 362 g/mol. The van der Waals surface area contributed by atoms with Gasteiger partial charge in [-0.05, 0) is 61.4 Å². The van der Waals surface area contributed by atoms with Crippen LogP contribution in [-0.2, 0) is 6.42 Å². The number of rotatable bonds is 4. The Morgan fingerprint density at radius 2 is 1.81 bits per heavy atom. The molecule has 5 rings (SSSR count). The molecular formula is C24H30N2O. The van der Waals surface area contributed by atoms with Crippen molar-refractivity contribution < 1.29 is 4.74 Å². The first-order valence-corrected chi connectivity index (χ1v) is 10.4. The Kier molecular flexibility index (Phi) is 4.35. The molecule has 2 unspecified atom stereocenters. The summed E-state index contributed by atoms with van der Waals surface area (Å²) in [7, 11) is 1.78. The Balaban J connectivity index is 1.25. The minimum absolute atomic E-state index is 0.471. The third kappa shape index (κ3) is 3.12. The van der Waals surface area contributed by atoms with Crippen molar-refractivity contribution in [3.8, 4) is 5.75 Å². The highest BCUT2D eigenvalue weighted by atomic mass is 16.5. The second-order valence-electron chi connectivity index (χ2n) is 8.76. The molecule has 0 saturated carbocycles. The second-order valence-corrected chi connectivity index (χ2v) is 8.76. The highest BCUT2D eigenvalue weighted by molar-refractivity contribution is 5.59. The first-order valence-electron chi connectivity index (χ1n) is 10.4. The first kappa shape index (κ1) is 17.1. The second kappa shape index (κ2) is 6.87. The summed E-state index contributed by atoms with van der Waals surface area (Å²) in [4.78, 5) is 5.30. The van der Waals surface area contributed by atoms with Crippen molar-refractivity contribution in [3.05, 3.63) is 59.7 Å². The topological polar surface area (TPSA) is 15.7 Å². The lowest BCUT2D eigenvalue weighted by Crippen LogP contribution is -2.32. The lowest BCUT2D eigenvalue weighted by molar-refractivity contribution is 0.262. The fourth-order valence-corrected chi connectivity index (χ4v) is 5.70. The van der Waals surface area contributed by atoms with Gasteiger partial charge in [0.1, 0.15) is 5.75 Å². The largest absolute Gasteiger partial charge is 0.495 e. The summed E-state index contributed by atoms with van der Waals surface area (Å²) in [5, 5.41) is 0. The van der Waals surface area contributed by atoms with E-state index in [0.717, 1.165) is 18.2 Å². The number of fused-ring (bicyclic) bond motifs is 1. The Hall–Kier alpha value is -2.00. The van der Waals surface area contributed by atoms with Gasteiger partial charge in [-0.2, -0.15) is 0 Å². The SMILES string of the molecule is COc1ccccc1N1CCC2(CCN(CC3CCc4ccccc43)C2)C1. The number of nitrogens with zero attached hydrogens (tertiary/aromatic N) is 2. The van der Waals surface area contributed by atoms with E-state index in [4.69, 9.17) is 4.74 Å². The maximum atomic E-state index is 5.60. The normalized spacial score (nSPS) is 27.4. The van der Waals surface area contributed by atoms with Gasteiger partial charge in [0.15, 0.2) is 0 Å². The quantitative estimate of drug-likeness (QED) is 0.805. The van der Waals surface area contributed by atoms with Gasteiger partial charge in [0, 0.05) is 31.6 Å². The summed E-state index contributed by atoms with van der Waals surface area (Å²) in [6, 6.07) is 17.6. The molecule has 1 aliphatic carbocycles. The fraction of sp³-hybridized carbons (Fsp3) is 0.500. The summed E-state index contributed by atoms with van der Waals surface area (Å²) in [6.07, 6.45) is 5.24. The number of benzene rings is 2. The van der Waals surface area contributed by atoms with Gasteiger partial charge in [0.2, 0.25) is 0 Å². The number of methoxy groups -OCH3 is 1. The van der Waals surface area contributed by atoms with Crippen molar-refractivity contribution in [2.24, 2.45) is 5.41 Å². The molecule has 2 aromatic carbocycles. The Labute approximate surface area is 162 Å². The van der Waals surface area contributed by atoms with E-state index in [0.29, 0.717) is 5.41 Å². The maximum Gasteiger partial charge on any atom is 0.142 e. The van der Waals surface area contributed by atoms with Crippen LogP contribution >= 0.6 is 0 Å². The third-order valence-corrected chi connectivity index (χ3v) is 7.12. The zero-order chi connectivity index (χ0) is 18.3. The van der Waals surface area contributed by atoms with Crippen molar-refractivity contribution in [2.45, 2.75) is 31.6 Å². The highest BCUT2D eigenvalue weighted by Gasteiger charge is 2.44. The fourth-order valence-electron chi connectivity index (χ4n) is 5.70. The molecule has 0 bridgehead atoms. The molecule has 2 heterocycles. The summed E-state index contributed by atoms with van der Waals surface area (Å²) < 4.78 is 5.60. The number of aryl methyl sites for hydroxylation is 1. The first-order chi connectivity index (χ1) is 13.3. The minimum atomic E-state index is 0.471. The molecule has 142 valence electrons. The van der Waals surface area contributed by atoms with E-state index in [1.165, 1.54) is 57.5 Å².